The van der Waals surface area contributed by atoms with Crippen LogP contribution in [0.1, 0.15) is 40.9 Å². The molecule has 24 heavy (non-hydrogen) atoms. The third-order valence-corrected chi connectivity index (χ3v) is 3.85. The number of aromatic carboxylic acids is 1. The molecule has 0 aliphatic heterocycles. The van der Waals surface area contributed by atoms with E-state index in [0.717, 1.165) is 41.2 Å². The van der Waals surface area contributed by atoms with Crippen LogP contribution in [0.15, 0.2) is 48.5 Å². The second-order valence-electron chi connectivity index (χ2n) is 5.67. The highest BCUT2D eigenvalue weighted by atomic mass is 16.4. The molecule has 2 N–H and O–H groups in total. The van der Waals surface area contributed by atoms with Gasteiger partial charge in [-0.1, -0.05) is 49.4 Å². The smallest absolute Gasteiger partial charge is 0.336 e. The average Bonchev–Trinajstić information content (AvgIpc) is 3.03. The summed E-state index contributed by atoms with van der Waals surface area (Å²) in [5.41, 5.74) is 3.03. The first-order valence-corrected chi connectivity index (χ1v) is 7.99. The number of nitrogens with one attached hydrogen (secondary N) is 1. The molecule has 0 amide bonds. The number of nitrogens with zero attached hydrogens (tertiary/aromatic N) is 2. The monoisotopic (exact) mass is 321 g/mol. The summed E-state index contributed by atoms with van der Waals surface area (Å²) in [5.74, 6) is 0.774. The van der Waals surface area contributed by atoms with E-state index in [4.69, 9.17) is 0 Å². The van der Waals surface area contributed by atoms with Crippen molar-refractivity contribution >= 4 is 5.97 Å². The van der Waals surface area contributed by atoms with Gasteiger partial charge in [-0.05, 0) is 29.2 Å². The number of aryl methyl sites for hydroxylation is 1. The zero-order valence-electron chi connectivity index (χ0n) is 13.5. The van der Waals surface area contributed by atoms with Crippen LogP contribution < -0.4 is 0 Å². The van der Waals surface area contributed by atoms with Crippen molar-refractivity contribution in [2.24, 2.45) is 0 Å². The van der Waals surface area contributed by atoms with Crippen LogP contribution >= 0.6 is 0 Å². The minimum absolute atomic E-state index is 0.310. The van der Waals surface area contributed by atoms with Crippen LogP contribution in [-0.4, -0.2) is 26.3 Å². The van der Waals surface area contributed by atoms with Gasteiger partial charge in [-0.3, -0.25) is 5.10 Å². The van der Waals surface area contributed by atoms with Crippen LogP contribution in [0.4, 0.5) is 0 Å². The molecule has 0 spiro atoms. The van der Waals surface area contributed by atoms with E-state index >= 15 is 0 Å². The van der Waals surface area contributed by atoms with E-state index in [1.165, 1.54) is 0 Å². The summed E-state index contributed by atoms with van der Waals surface area (Å²) in [6, 6.07) is 14.9. The molecule has 1 heterocycles. The minimum Gasteiger partial charge on any atom is -0.478 e. The fraction of sp³-hybridized carbons (Fsp3) is 0.211. The lowest BCUT2D eigenvalue weighted by molar-refractivity contribution is 0.0697. The number of aromatic amines is 1. The van der Waals surface area contributed by atoms with Crippen LogP contribution in [0.3, 0.4) is 0 Å². The Morgan fingerprint density at radius 1 is 1.12 bits per heavy atom. The van der Waals surface area contributed by atoms with Gasteiger partial charge in [0.25, 0.3) is 0 Å². The third-order valence-electron chi connectivity index (χ3n) is 3.85. The highest BCUT2D eigenvalue weighted by Crippen LogP contribution is 2.24. The molecule has 5 nitrogen and oxygen atoms in total. The number of benzene rings is 2. The summed E-state index contributed by atoms with van der Waals surface area (Å²) in [6.45, 7) is 2.10. The second-order valence-corrected chi connectivity index (χ2v) is 5.67. The van der Waals surface area contributed by atoms with Crippen molar-refractivity contribution in [3.63, 3.8) is 0 Å². The summed E-state index contributed by atoms with van der Waals surface area (Å²) in [4.78, 5) is 15.8. The van der Waals surface area contributed by atoms with Gasteiger partial charge in [0, 0.05) is 12.8 Å². The largest absolute Gasteiger partial charge is 0.478 e. The first-order valence-electron chi connectivity index (χ1n) is 7.99. The maximum atomic E-state index is 11.3. The molecule has 0 unspecified atom stereocenters. The molecule has 1 aromatic heterocycles. The zero-order valence-corrected chi connectivity index (χ0v) is 13.5. The summed E-state index contributed by atoms with van der Waals surface area (Å²) in [7, 11) is 0. The van der Waals surface area contributed by atoms with Crippen molar-refractivity contribution in [1.82, 2.24) is 15.2 Å². The van der Waals surface area contributed by atoms with Crippen LogP contribution in [0.5, 0.6) is 0 Å². The molecule has 122 valence electrons. The maximum Gasteiger partial charge on any atom is 0.336 e. The standard InChI is InChI=1S/C19H19N3O2/c1-2-5-17-20-18(22-21-17)12-13-8-10-14(11-9-13)15-6-3-4-7-16(15)19(23)24/h3-4,6-11H,2,5,12H2,1H3,(H,23,24)(H,20,21,22). The fourth-order valence-electron chi connectivity index (χ4n) is 2.67. The lowest BCUT2D eigenvalue weighted by Gasteiger charge is -2.07. The number of carboxylic acid groups (broad SMARTS) is 1. The van der Waals surface area contributed by atoms with E-state index in [2.05, 4.69) is 22.1 Å². The van der Waals surface area contributed by atoms with Crippen molar-refractivity contribution < 1.29 is 9.90 Å². The minimum atomic E-state index is -0.917. The Kier molecular flexibility index (Phi) is 4.70. The summed E-state index contributed by atoms with van der Waals surface area (Å²) in [5, 5.41) is 16.5. The number of rotatable bonds is 6. The molecule has 0 saturated carbocycles. The van der Waals surface area contributed by atoms with Crippen LogP contribution in [0.2, 0.25) is 0 Å². The van der Waals surface area contributed by atoms with Gasteiger partial charge in [0.15, 0.2) is 5.82 Å². The highest BCUT2D eigenvalue weighted by Gasteiger charge is 2.11. The topological polar surface area (TPSA) is 78.9 Å². The van der Waals surface area contributed by atoms with Crippen molar-refractivity contribution in [3.05, 3.63) is 71.3 Å². The van der Waals surface area contributed by atoms with Gasteiger partial charge in [0.2, 0.25) is 0 Å². The summed E-state index contributed by atoms with van der Waals surface area (Å²) >= 11 is 0. The molecule has 0 fully saturated rings. The molecular formula is C19H19N3O2. The number of carbonyl (C=O) groups is 1. The fourth-order valence-corrected chi connectivity index (χ4v) is 2.67. The van der Waals surface area contributed by atoms with Gasteiger partial charge in [-0.15, -0.1) is 0 Å². The van der Waals surface area contributed by atoms with Crippen LogP contribution in [0, 0.1) is 0 Å². The second kappa shape index (κ2) is 7.08. The Morgan fingerprint density at radius 2 is 1.88 bits per heavy atom. The van der Waals surface area contributed by atoms with Gasteiger partial charge in [-0.2, -0.15) is 5.10 Å². The Balaban J connectivity index is 1.79. The normalized spacial score (nSPS) is 10.7. The van der Waals surface area contributed by atoms with Gasteiger partial charge in [-0.25, -0.2) is 9.78 Å². The molecule has 3 aromatic rings. The average molecular weight is 321 g/mol. The molecule has 0 atom stereocenters. The highest BCUT2D eigenvalue weighted by molar-refractivity contribution is 5.95. The van der Waals surface area contributed by atoms with E-state index in [1.807, 2.05) is 36.4 Å². The zero-order chi connectivity index (χ0) is 16.9. The predicted molar refractivity (Wildman–Crippen MR) is 92.0 cm³/mol. The first-order chi connectivity index (χ1) is 11.7. The Bertz CT molecular complexity index is 838. The van der Waals surface area contributed by atoms with Gasteiger partial charge >= 0.3 is 5.97 Å². The third kappa shape index (κ3) is 3.51. The van der Waals surface area contributed by atoms with Crippen molar-refractivity contribution in [2.75, 3.05) is 0 Å². The molecule has 0 bridgehead atoms. The number of aromatic nitrogens is 3. The Morgan fingerprint density at radius 3 is 2.58 bits per heavy atom. The molecule has 0 radical (unpaired) electrons. The van der Waals surface area contributed by atoms with Crippen LogP contribution in [0.25, 0.3) is 11.1 Å². The molecule has 3 rings (SSSR count). The first kappa shape index (κ1) is 15.9. The van der Waals surface area contributed by atoms with Gasteiger partial charge in [0.05, 0.1) is 5.56 Å². The van der Waals surface area contributed by atoms with Crippen molar-refractivity contribution in [1.29, 1.82) is 0 Å². The van der Waals surface area contributed by atoms with E-state index in [-0.39, 0.29) is 0 Å². The molecule has 5 heteroatoms. The van der Waals surface area contributed by atoms with E-state index in [9.17, 15) is 9.90 Å². The van der Waals surface area contributed by atoms with Crippen molar-refractivity contribution in [2.45, 2.75) is 26.2 Å². The SMILES string of the molecule is CCCc1n[nH]c(Cc2ccc(-c3ccccc3C(=O)O)cc2)n1. The van der Waals surface area contributed by atoms with Gasteiger partial charge < -0.3 is 5.11 Å². The van der Waals surface area contributed by atoms with Gasteiger partial charge in [0.1, 0.15) is 5.82 Å². The molecular weight excluding hydrogens is 302 g/mol. The number of hydrogen-bond donors (Lipinski definition) is 2. The maximum absolute atomic E-state index is 11.3. The predicted octanol–water partition coefficient (Wildman–Crippen LogP) is 3.71. The molecule has 0 saturated heterocycles. The van der Waals surface area contributed by atoms with Crippen molar-refractivity contribution in [3.8, 4) is 11.1 Å². The number of carboxylic acids is 1. The lowest BCUT2D eigenvalue weighted by Crippen LogP contribution is -1.99. The lowest BCUT2D eigenvalue weighted by atomic mass is 9.98. The van der Waals surface area contributed by atoms with E-state index < -0.39 is 5.97 Å². The van der Waals surface area contributed by atoms with E-state index in [1.54, 1.807) is 12.1 Å². The quantitative estimate of drug-likeness (QED) is 0.725. The summed E-state index contributed by atoms with van der Waals surface area (Å²) < 4.78 is 0. The molecule has 0 aliphatic rings. The Labute approximate surface area is 140 Å². The Hall–Kier alpha value is -2.95. The molecule has 2 aromatic carbocycles. The number of H-pyrrole nitrogens is 1. The van der Waals surface area contributed by atoms with Crippen LogP contribution in [-0.2, 0) is 12.8 Å². The summed E-state index contributed by atoms with van der Waals surface area (Å²) in [6.07, 6.45) is 2.58. The number of hydrogen-bond acceptors (Lipinski definition) is 3. The molecule has 0 aliphatic carbocycles. The van der Waals surface area contributed by atoms with E-state index in [0.29, 0.717) is 12.0 Å².